The highest BCUT2D eigenvalue weighted by molar-refractivity contribution is 9.11. The van der Waals surface area contributed by atoms with Gasteiger partial charge in [0.2, 0.25) is 5.91 Å². The van der Waals surface area contributed by atoms with Gasteiger partial charge in [0.25, 0.3) is 0 Å². The highest BCUT2D eigenvalue weighted by Crippen LogP contribution is 2.26. The minimum atomic E-state index is -0.621. The summed E-state index contributed by atoms with van der Waals surface area (Å²) in [7, 11) is 0. The van der Waals surface area contributed by atoms with E-state index in [1.807, 2.05) is 26.0 Å². The van der Waals surface area contributed by atoms with Crippen LogP contribution in [0.2, 0.25) is 0 Å². The van der Waals surface area contributed by atoms with Gasteiger partial charge >= 0.3 is 0 Å². The molecule has 0 saturated heterocycles. The zero-order valence-electron chi connectivity index (χ0n) is 8.66. The van der Waals surface area contributed by atoms with Crippen molar-refractivity contribution in [3.63, 3.8) is 0 Å². The molecule has 0 aliphatic heterocycles. The van der Waals surface area contributed by atoms with Crippen LogP contribution >= 0.6 is 27.3 Å². The van der Waals surface area contributed by atoms with E-state index in [1.165, 1.54) is 11.3 Å². The Labute approximate surface area is 102 Å². The fourth-order valence-electron chi connectivity index (χ4n) is 1.01. The minimum absolute atomic E-state index is 0.0373. The van der Waals surface area contributed by atoms with Crippen LogP contribution < -0.4 is 5.32 Å². The number of carbonyl (C=O) groups excluding carboxylic acids is 1. The van der Waals surface area contributed by atoms with Crippen molar-refractivity contribution in [3.05, 3.63) is 20.8 Å². The van der Waals surface area contributed by atoms with Gasteiger partial charge < -0.3 is 10.4 Å². The second kappa shape index (κ2) is 5.63. The number of hydrogen-bond donors (Lipinski definition) is 2. The van der Waals surface area contributed by atoms with E-state index in [4.69, 9.17) is 0 Å². The fourth-order valence-corrected chi connectivity index (χ4v) is 2.42. The zero-order valence-corrected chi connectivity index (χ0v) is 11.1. The number of amides is 1. The molecular formula is C10H14BrNO2S. The first-order valence-corrected chi connectivity index (χ1v) is 6.32. The fraction of sp³-hybridized carbons (Fsp3) is 0.500. The van der Waals surface area contributed by atoms with E-state index in [0.29, 0.717) is 0 Å². The number of thiophene rings is 1. The van der Waals surface area contributed by atoms with Gasteiger partial charge in [-0.2, -0.15) is 0 Å². The van der Waals surface area contributed by atoms with E-state index in [0.717, 1.165) is 8.66 Å². The van der Waals surface area contributed by atoms with Crippen molar-refractivity contribution in [3.8, 4) is 0 Å². The van der Waals surface area contributed by atoms with Crippen molar-refractivity contribution in [2.45, 2.75) is 20.0 Å². The maximum Gasteiger partial charge on any atom is 0.222 e. The first-order valence-electron chi connectivity index (χ1n) is 4.71. The van der Waals surface area contributed by atoms with Gasteiger partial charge in [0.15, 0.2) is 0 Å². The van der Waals surface area contributed by atoms with Crippen LogP contribution in [-0.4, -0.2) is 17.6 Å². The summed E-state index contributed by atoms with van der Waals surface area (Å²) in [4.78, 5) is 12.1. The first kappa shape index (κ1) is 12.7. The lowest BCUT2D eigenvalue weighted by molar-refractivity contribution is -0.124. The largest absolute Gasteiger partial charge is 0.386 e. The van der Waals surface area contributed by atoms with Crippen LogP contribution in [0.25, 0.3) is 0 Å². The molecule has 3 nitrogen and oxygen atoms in total. The maximum atomic E-state index is 11.3. The average Bonchev–Trinajstić information content (AvgIpc) is 2.60. The summed E-state index contributed by atoms with van der Waals surface area (Å²) >= 11 is 4.80. The quantitative estimate of drug-likeness (QED) is 0.894. The molecule has 2 N–H and O–H groups in total. The molecule has 1 unspecified atom stereocenters. The monoisotopic (exact) mass is 291 g/mol. The van der Waals surface area contributed by atoms with E-state index in [1.54, 1.807) is 0 Å². The second-order valence-electron chi connectivity index (χ2n) is 3.56. The van der Waals surface area contributed by atoms with Crippen LogP contribution in [-0.2, 0) is 4.79 Å². The van der Waals surface area contributed by atoms with Crippen molar-refractivity contribution >= 4 is 33.2 Å². The van der Waals surface area contributed by atoms with E-state index < -0.39 is 6.10 Å². The summed E-state index contributed by atoms with van der Waals surface area (Å²) < 4.78 is 0.978. The summed E-state index contributed by atoms with van der Waals surface area (Å²) in [5.41, 5.74) is 0. The Morgan fingerprint density at radius 1 is 1.60 bits per heavy atom. The second-order valence-corrected chi connectivity index (χ2v) is 6.05. The minimum Gasteiger partial charge on any atom is -0.386 e. The van der Waals surface area contributed by atoms with Gasteiger partial charge in [-0.1, -0.05) is 13.8 Å². The number of hydrogen-bond acceptors (Lipinski definition) is 3. The Kier molecular flexibility index (Phi) is 4.76. The molecule has 1 aromatic rings. The van der Waals surface area contributed by atoms with Gasteiger partial charge in [-0.25, -0.2) is 0 Å². The van der Waals surface area contributed by atoms with Crippen molar-refractivity contribution in [1.29, 1.82) is 0 Å². The number of nitrogens with one attached hydrogen (secondary N) is 1. The third-order valence-corrected chi connectivity index (χ3v) is 3.64. The molecule has 1 rings (SSSR count). The third-order valence-electron chi connectivity index (χ3n) is 1.92. The molecule has 0 radical (unpaired) electrons. The number of rotatable bonds is 4. The van der Waals surface area contributed by atoms with Gasteiger partial charge in [-0.05, 0) is 28.1 Å². The third kappa shape index (κ3) is 3.93. The zero-order chi connectivity index (χ0) is 11.4. The Hall–Kier alpha value is -0.390. The summed E-state index contributed by atoms with van der Waals surface area (Å²) in [6.45, 7) is 3.91. The molecular weight excluding hydrogens is 278 g/mol. The van der Waals surface area contributed by atoms with Crippen LogP contribution in [0.5, 0.6) is 0 Å². The molecule has 0 aromatic carbocycles. The summed E-state index contributed by atoms with van der Waals surface area (Å²) in [6.07, 6.45) is -0.621. The predicted molar refractivity (Wildman–Crippen MR) is 64.8 cm³/mol. The molecule has 0 fully saturated rings. The Balaban J connectivity index is 2.43. The lowest BCUT2D eigenvalue weighted by Gasteiger charge is -2.11. The Morgan fingerprint density at radius 2 is 2.27 bits per heavy atom. The van der Waals surface area contributed by atoms with Crippen molar-refractivity contribution in [2.75, 3.05) is 6.54 Å². The molecule has 0 spiro atoms. The number of halogens is 1. The van der Waals surface area contributed by atoms with E-state index in [2.05, 4.69) is 21.2 Å². The van der Waals surface area contributed by atoms with E-state index in [-0.39, 0.29) is 18.4 Å². The molecule has 1 amide bonds. The molecule has 1 atom stereocenters. The van der Waals surface area contributed by atoms with Crippen LogP contribution in [0.4, 0.5) is 0 Å². The Morgan fingerprint density at radius 3 is 2.73 bits per heavy atom. The number of aliphatic hydroxyl groups is 1. The van der Waals surface area contributed by atoms with E-state index >= 15 is 0 Å². The lowest BCUT2D eigenvalue weighted by atomic mass is 10.2. The molecule has 0 bridgehead atoms. The van der Waals surface area contributed by atoms with Crippen LogP contribution in [0.15, 0.2) is 15.9 Å². The smallest absolute Gasteiger partial charge is 0.222 e. The van der Waals surface area contributed by atoms with Crippen LogP contribution in [0.3, 0.4) is 0 Å². The van der Waals surface area contributed by atoms with Crippen molar-refractivity contribution in [1.82, 2.24) is 5.32 Å². The first-order chi connectivity index (χ1) is 7.00. The average molecular weight is 292 g/mol. The number of aliphatic hydroxyl groups excluding tert-OH is 1. The maximum absolute atomic E-state index is 11.3. The van der Waals surface area contributed by atoms with Crippen LogP contribution in [0.1, 0.15) is 24.8 Å². The molecule has 1 heterocycles. The molecule has 0 aliphatic carbocycles. The summed E-state index contributed by atoms with van der Waals surface area (Å²) in [6, 6.07) is 3.73. The highest BCUT2D eigenvalue weighted by Gasteiger charge is 2.12. The van der Waals surface area contributed by atoms with Gasteiger partial charge in [-0.15, -0.1) is 11.3 Å². The van der Waals surface area contributed by atoms with Crippen molar-refractivity contribution < 1.29 is 9.90 Å². The predicted octanol–water partition coefficient (Wildman–Crippen LogP) is 2.32. The molecule has 1 aromatic heterocycles. The van der Waals surface area contributed by atoms with E-state index in [9.17, 15) is 9.90 Å². The van der Waals surface area contributed by atoms with Gasteiger partial charge in [0.05, 0.1) is 3.79 Å². The van der Waals surface area contributed by atoms with Crippen LogP contribution in [0, 0.1) is 5.92 Å². The van der Waals surface area contributed by atoms with Crippen molar-refractivity contribution in [2.24, 2.45) is 5.92 Å². The van der Waals surface area contributed by atoms with Gasteiger partial charge in [-0.3, -0.25) is 4.79 Å². The van der Waals surface area contributed by atoms with Gasteiger partial charge in [0.1, 0.15) is 6.10 Å². The summed E-state index contributed by atoms with van der Waals surface area (Å²) in [5, 5.41) is 12.4. The normalized spacial score (nSPS) is 12.9. The Bertz CT molecular complexity index is 338. The molecule has 15 heavy (non-hydrogen) atoms. The molecule has 0 saturated carbocycles. The topological polar surface area (TPSA) is 49.3 Å². The molecule has 0 aliphatic rings. The van der Waals surface area contributed by atoms with Gasteiger partial charge in [0, 0.05) is 17.3 Å². The number of carbonyl (C=O) groups is 1. The lowest BCUT2D eigenvalue weighted by Crippen LogP contribution is -2.31. The molecule has 5 heteroatoms. The summed E-state index contributed by atoms with van der Waals surface area (Å²) in [5.74, 6) is -0.0862. The SMILES string of the molecule is CC(C)C(=O)NCC(O)c1ccc(Br)s1. The highest BCUT2D eigenvalue weighted by atomic mass is 79.9. The standard InChI is InChI=1S/C10H14BrNO2S/c1-6(2)10(14)12-5-7(13)8-3-4-9(11)15-8/h3-4,6-7,13H,5H2,1-2H3,(H,12,14). The molecule has 84 valence electrons.